The molecule has 1 rings (SSSR count). The van der Waals surface area contributed by atoms with Gasteiger partial charge in [-0.2, -0.15) is 0 Å². The van der Waals surface area contributed by atoms with Crippen LogP contribution in [0.25, 0.3) is 0 Å². The van der Waals surface area contributed by atoms with Crippen LogP contribution in [0.2, 0.25) is 0 Å². The first-order valence-electron chi connectivity index (χ1n) is 6.82. The highest BCUT2D eigenvalue weighted by Gasteiger charge is 2.09. The summed E-state index contributed by atoms with van der Waals surface area (Å²) in [5.74, 6) is 0.904. The number of benzene rings is 1. The lowest BCUT2D eigenvalue weighted by Crippen LogP contribution is -2.24. The molecule has 0 aromatic heterocycles. The van der Waals surface area contributed by atoms with Crippen molar-refractivity contribution in [1.82, 2.24) is 10.6 Å². The molecule has 0 amide bonds. The lowest BCUT2D eigenvalue weighted by atomic mass is 10.2. The predicted octanol–water partition coefficient (Wildman–Crippen LogP) is 3.52. The molecule has 1 aromatic rings. The van der Waals surface area contributed by atoms with Crippen molar-refractivity contribution in [3.8, 4) is 5.75 Å². The molecule has 22 heavy (non-hydrogen) atoms. The molecule has 0 aliphatic rings. The fraction of sp³-hybridized carbons (Fsp3) is 0.571. The third kappa shape index (κ3) is 9.55. The quantitative estimate of drug-likeness (QED) is 0.447. The molecule has 0 bridgehead atoms. The molecule has 0 radical (unpaired) electrons. The zero-order valence-electron chi connectivity index (χ0n) is 12.5. The molecule has 0 heterocycles. The maximum absolute atomic E-state index is 8.65. The van der Waals surface area contributed by atoms with E-state index < -0.39 is 0 Å². The van der Waals surface area contributed by atoms with E-state index >= 15 is 0 Å². The smallest absolute Gasteiger partial charge is 0.138 e. The number of hydrogen-bond acceptors (Lipinski definition) is 4. The molecule has 0 aliphatic heterocycles. The molecule has 0 aliphatic carbocycles. The second kappa shape index (κ2) is 15.0. The molecule has 8 heteroatoms. The van der Waals surface area contributed by atoms with Crippen molar-refractivity contribution in [2.24, 2.45) is 0 Å². The minimum absolute atomic E-state index is 0. The number of hydrogen-bond donors (Lipinski definition) is 3. The summed E-state index contributed by atoms with van der Waals surface area (Å²) in [4.78, 5) is 0. The van der Waals surface area contributed by atoms with Crippen molar-refractivity contribution in [2.75, 3.05) is 32.8 Å². The standard InChI is InChI=1S/C14H22Br2N2O2.2ClH/c1-2-20-14-11(8-12(15)9-13(14)16)10-18-5-3-4-17-6-7-19;;/h8-9,17-19H,2-7,10H2,1H3;2*1H. The fourth-order valence-corrected chi connectivity index (χ4v) is 3.24. The Kier molecular flexibility index (Phi) is 16.8. The number of halogens is 4. The Balaban J connectivity index is 0. The number of aliphatic hydroxyl groups is 1. The molecule has 130 valence electrons. The molecular formula is C14H24Br2Cl2N2O2. The van der Waals surface area contributed by atoms with E-state index in [0.717, 1.165) is 46.3 Å². The van der Waals surface area contributed by atoms with E-state index in [0.29, 0.717) is 13.2 Å². The third-order valence-corrected chi connectivity index (χ3v) is 3.73. The van der Waals surface area contributed by atoms with Crippen molar-refractivity contribution in [1.29, 1.82) is 0 Å². The Morgan fingerprint density at radius 2 is 1.77 bits per heavy atom. The van der Waals surface area contributed by atoms with Crippen molar-refractivity contribution < 1.29 is 9.84 Å². The average molecular weight is 483 g/mol. The van der Waals surface area contributed by atoms with Crippen LogP contribution in [-0.4, -0.2) is 38.0 Å². The summed E-state index contributed by atoms with van der Waals surface area (Å²) < 4.78 is 7.69. The van der Waals surface area contributed by atoms with Gasteiger partial charge in [0.15, 0.2) is 0 Å². The van der Waals surface area contributed by atoms with Crippen LogP contribution in [0, 0.1) is 0 Å². The van der Waals surface area contributed by atoms with Gasteiger partial charge in [0.05, 0.1) is 17.7 Å². The van der Waals surface area contributed by atoms with E-state index in [2.05, 4.69) is 48.6 Å². The monoisotopic (exact) mass is 480 g/mol. The van der Waals surface area contributed by atoms with Gasteiger partial charge in [0.2, 0.25) is 0 Å². The first-order chi connectivity index (χ1) is 9.69. The van der Waals surface area contributed by atoms with Gasteiger partial charge >= 0.3 is 0 Å². The number of rotatable bonds is 10. The van der Waals surface area contributed by atoms with Crippen LogP contribution in [0.5, 0.6) is 5.75 Å². The van der Waals surface area contributed by atoms with E-state index in [9.17, 15) is 0 Å². The van der Waals surface area contributed by atoms with Gasteiger partial charge in [-0.1, -0.05) is 15.9 Å². The zero-order valence-corrected chi connectivity index (χ0v) is 17.3. The molecule has 3 N–H and O–H groups in total. The molecule has 0 atom stereocenters. The number of aliphatic hydroxyl groups excluding tert-OH is 1. The van der Waals surface area contributed by atoms with Crippen molar-refractivity contribution in [3.63, 3.8) is 0 Å². The van der Waals surface area contributed by atoms with Gasteiger partial charge in [0, 0.05) is 23.1 Å². The predicted molar refractivity (Wildman–Crippen MR) is 104 cm³/mol. The topological polar surface area (TPSA) is 53.5 Å². The molecule has 4 nitrogen and oxygen atoms in total. The maximum atomic E-state index is 8.65. The SMILES string of the molecule is CCOc1c(Br)cc(Br)cc1CNCCCNCCO.Cl.Cl. The Bertz CT molecular complexity index is 413. The number of nitrogens with one attached hydrogen (secondary N) is 2. The van der Waals surface area contributed by atoms with Gasteiger partial charge in [0.25, 0.3) is 0 Å². The molecule has 0 saturated heterocycles. The van der Waals surface area contributed by atoms with E-state index in [4.69, 9.17) is 9.84 Å². The zero-order chi connectivity index (χ0) is 14.8. The van der Waals surface area contributed by atoms with Crippen molar-refractivity contribution >= 4 is 56.7 Å². The van der Waals surface area contributed by atoms with E-state index in [-0.39, 0.29) is 31.4 Å². The Hall–Kier alpha value is 0.440. The minimum atomic E-state index is 0. The highest BCUT2D eigenvalue weighted by Crippen LogP contribution is 2.32. The van der Waals surface area contributed by atoms with Gasteiger partial charge < -0.3 is 20.5 Å². The normalized spacial score (nSPS) is 9.82. The van der Waals surface area contributed by atoms with Gasteiger partial charge in [-0.3, -0.25) is 0 Å². The third-order valence-electron chi connectivity index (χ3n) is 2.69. The van der Waals surface area contributed by atoms with Crippen LogP contribution in [-0.2, 0) is 6.54 Å². The summed E-state index contributed by atoms with van der Waals surface area (Å²) in [5.41, 5.74) is 1.14. The fourth-order valence-electron chi connectivity index (χ4n) is 1.82. The molecule has 0 fully saturated rings. The molecule has 0 unspecified atom stereocenters. The molecule has 0 saturated carbocycles. The minimum Gasteiger partial charge on any atom is -0.492 e. The Morgan fingerprint density at radius 1 is 1.09 bits per heavy atom. The van der Waals surface area contributed by atoms with E-state index in [1.54, 1.807) is 0 Å². The number of ether oxygens (including phenoxy) is 1. The Morgan fingerprint density at radius 3 is 2.41 bits per heavy atom. The lowest BCUT2D eigenvalue weighted by Gasteiger charge is -2.14. The van der Waals surface area contributed by atoms with Gasteiger partial charge in [-0.05, 0) is 54.5 Å². The van der Waals surface area contributed by atoms with Crippen molar-refractivity contribution in [2.45, 2.75) is 19.9 Å². The van der Waals surface area contributed by atoms with E-state index in [1.165, 1.54) is 0 Å². The summed E-state index contributed by atoms with van der Waals surface area (Å²) in [7, 11) is 0. The van der Waals surface area contributed by atoms with Crippen LogP contribution in [0.4, 0.5) is 0 Å². The van der Waals surface area contributed by atoms with Crippen LogP contribution in [0.15, 0.2) is 21.1 Å². The second-order valence-corrected chi connectivity index (χ2v) is 6.08. The van der Waals surface area contributed by atoms with Crippen LogP contribution >= 0.6 is 56.7 Å². The summed E-state index contributed by atoms with van der Waals surface area (Å²) >= 11 is 7.04. The molecule has 1 aromatic carbocycles. The van der Waals surface area contributed by atoms with Gasteiger partial charge in [-0.25, -0.2) is 0 Å². The first-order valence-corrected chi connectivity index (χ1v) is 8.40. The summed E-state index contributed by atoms with van der Waals surface area (Å²) in [6.07, 6.45) is 1.03. The van der Waals surface area contributed by atoms with Crippen LogP contribution in [0.1, 0.15) is 18.9 Å². The maximum Gasteiger partial charge on any atom is 0.138 e. The van der Waals surface area contributed by atoms with E-state index in [1.807, 2.05) is 13.0 Å². The average Bonchev–Trinajstić information content (AvgIpc) is 2.41. The second-order valence-electron chi connectivity index (χ2n) is 4.31. The van der Waals surface area contributed by atoms with Gasteiger partial charge in [0.1, 0.15) is 5.75 Å². The highest BCUT2D eigenvalue weighted by atomic mass is 79.9. The van der Waals surface area contributed by atoms with Crippen molar-refractivity contribution in [3.05, 3.63) is 26.6 Å². The summed E-state index contributed by atoms with van der Waals surface area (Å²) in [6, 6.07) is 4.07. The molecule has 0 spiro atoms. The van der Waals surface area contributed by atoms with Gasteiger partial charge in [-0.15, -0.1) is 24.8 Å². The largest absolute Gasteiger partial charge is 0.492 e. The highest BCUT2D eigenvalue weighted by molar-refractivity contribution is 9.11. The lowest BCUT2D eigenvalue weighted by molar-refractivity contribution is 0.292. The van der Waals surface area contributed by atoms with Crippen LogP contribution < -0.4 is 15.4 Å². The molecular weight excluding hydrogens is 459 g/mol. The Labute approximate surface area is 161 Å². The first kappa shape index (κ1) is 24.7. The summed E-state index contributed by atoms with van der Waals surface area (Å²) in [6.45, 7) is 6.09. The summed E-state index contributed by atoms with van der Waals surface area (Å²) in [5, 5.41) is 15.2. The van der Waals surface area contributed by atoms with Crippen LogP contribution in [0.3, 0.4) is 0 Å².